The average Bonchev–Trinajstić information content (AvgIpc) is 2.59. The Balaban J connectivity index is 1.89. The maximum Gasteiger partial charge on any atom is 0.0159 e. The number of nitrogens with one attached hydrogen (secondary N) is 1. The number of hydrogen-bond donors (Lipinski definition) is 1. The van der Waals surface area contributed by atoms with E-state index in [0.29, 0.717) is 5.41 Å². The van der Waals surface area contributed by atoms with E-state index in [9.17, 15) is 0 Å². The lowest BCUT2D eigenvalue weighted by atomic mass is 9.84. The van der Waals surface area contributed by atoms with E-state index in [2.05, 4.69) is 42.7 Å². The van der Waals surface area contributed by atoms with E-state index in [0.717, 1.165) is 12.0 Å². The molecule has 1 aliphatic carbocycles. The van der Waals surface area contributed by atoms with Crippen LogP contribution < -0.4 is 5.32 Å². The molecular weight excluding hydrogens is 252 g/mol. The molecule has 1 saturated carbocycles. The number of hydrogen-bond acceptors (Lipinski definition) is 3. The van der Waals surface area contributed by atoms with Crippen LogP contribution in [0.4, 0.5) is 0 Å². The van der Waals surface area contributed by atoms with Crippen molar-refractivity contribution in [1.82, 2.24) is 10.2 Å². The van der Waals surface area contributed by atoms with Crippen LogP contribution in [0.1, 0.15) is 46.5 Å². The molecular formula is C16H32N2S. The highest BCUT2D eigenvalue weighted by Crippen LogP contribution is 2.41. The maximum absolute atomic E-state index is 3.84. The molecule has 0 aromatic carbocycles. The minimum atomic E-state index is 0.487. The Labute approximate surface area is 124 Å². The Morgan fingerprint density at radius 3 is 2.89 bits per heavy atom. The van der Waals surface area contributed by atoms with Crippen molar-refractivity contribution in [3.05, 3.63) is 0 Å². The minimum absolute atomic E-state index is 0.487. The molecule has 2 aliphatic rings. The van der Waals surface area contributed by atoms with Crippen LogP contribution in [0, 0.1) is 11.3 Å². The van der Waals surface area contributed by atoms with Gasteiger partial charge in [0.2, 0.25) is 0 Å². The standard InChI is InChI=1S/C16H32N2S/c1-4-8-17-15-14(6-7-16(15,2)3)13-18-9-5-11-19-12-10-18/h14-15,17H,4-13H2,1-3H3. The second-order valence-corrected chi connectivity index (χ2v) is 8.21. The van der Waals surface area contributed by atoms with Crippen LogP contribution in [0.2, 0.25) is 0 Å². The summed E-state index contributed by atoms with van der Waals surface area (Å²) in [6.45, 7) is 12.3. The monoisotopic (exact) mass is 284 g/mol. The van der Waals surface area contributed by atoms with Gasteiger partial charge in [0.15, 0.2) is 0 Å². The molecule has 19 heavy (non-hydrogen) atoms. The Hall–Kier alpha value is 0.270. The van der Waals surface area contributed by atoms with E-state index in [1.165, 1.54) is 63.4 Å². The number of thioether (sulfide) groups is 1. The highest BCUT2D eigenvalue weighted by Gasteiger charge is 2.41. The SMILES string of the molecule is CCCNC1C(CN2CCCSCC2)CCC1(C)C. The molecule has 1 aliphatic heterocycles. The maximum atomic E-state index is 3.84. The zero-order chi connectivity index (χ0) is 13.7. The predicted molar refractivity (Wildman–Crippen MR) is 87.0 cm³/mol. The van der Waals surface area contributed by atoms with Gasteiger partial charge in [-0.3, -0.25) is 0 Å². The van der Waals surface area contributed by atoms with Gasteiger partial charge in [0.05, 0.1) is 0 Å². The molecule has 1 saturated heterocycles. The van der Waals surface area contributed by atoms with Crippen LogP contribution in [0.15, 0.2) is 0 Å². The molecule has 2 unspecified atom stereocenters. The predicted octanol–water partition coefficient (Wildman–Crippen LogP) is 3.23. The molecule has 0 spiro atoms. The van der Waals surface area contributed by atoms with E-state index < -0.39 is 0 Å². The quantitative estimate of drug-likeness (QED) is 0.834. The molecule has 0 radical (unpaired) electrons. The van der Waals surface area contributed by atoms with Crippen molar-refractivity contribution in [1.29, 1.82) is 0 Å². The van der Waals surface area contributed by atoms with E-state index in [1.807, 2.05) is 0 Å². The van der Waals surface area contributed by atoms with Gasteiger partial charge in [0, 0.05) is 24.9 Å². The fraction of sp³-hybridized carbons (Fsp3) is 1.00. The van der Waals surface area contributed by atoms with Gasteiger partial charge in [0.1, 0.15) is 0 Å². The van der Waals surface area contributed by atoms with Gasteiger partial charge < -0.3 is 10.2 Å². The summed E-state index contributed by atoms with van der Waals surface area (Å²) in [6, 6.07) is 0.725. The van der Waals surface area contributed by atoms with Gasteiger partial charge in [-0.2, -0.15) is 11.8 Å². The highest BCUT2D eigenvalue weighted by atomic mass is 32.2. The van der Waals surface area contributed by atoms with Crippen molar-refractivity contribution in [2.75, 3.05) is 37.7 Å². The van der Waals surface area contributed by atoms with Crippen LogP contribution in [0.3, 0.4) is 0 Å². The van der Waals surface area contributed by atoms with Crippen LogP contribution in [0.5, 0.6) is 0 Å². The summed E-state index contributed by atoms with van der Waals surface area (Å²) in [5.41, 5.74) is 0.487. The molecule has 1 N–H and O–H groups in total. The molecule has 112 valence electrons. The summed E-state index contributed by atoms with van der Waals surface area (Å²) in [7, 11) is 0. The molecule has 0 aromatic rings. The third-order valence-corrected chi connectivity index (χ3v) is 5.94. The Morgan fingerprint density at radius 2 is 2.11 bits per heavy atom. The summed E-state index contributed by atoms with van der Waals surface area (Å²) >= 11 is 2.13. The largest absolute Gasteiger partial charge is 0.313 e. The molecule has 2 atom stereocenters. The topological polar surface area (TPSA) is 15.3 Å². The number of nitrogens with zero attached hydrogens (tertiary/aromatic N) is 1. The van der Waals surface area contributed by atoms with Crippen molar-refractivity contribution in [2.45, 2.75) is 52.5 Å². The normalized spacial score (nSPS) is 32.4. The van der Waals surface area contributed by atoms with Crippen molar-refractivity contribution < 1.29 is 0 Å². The van der Waals surface area contributed by atoms with Gasteiger partial charge in [0.25, 0.3) is 0 Å². The van der Waals surface area contributed by atoms with E-state index in [1.54, 1.807) is 0 Å². The highest BCUT2D eigenvalue weighted by molar-refractivity contribution is 7.99. The van der Waals surface area contributed by atoms with Crippen molar-refractivity contribution >= 4 is 11.8 Å². The van der Waals surface area contributed by atoms with Crippen LogP contribution >= 0.6 is 11.8 Å². The van der Waals surface area contributed by atoms with Crippen molar-refractivity contribution in [2.24, 2.45) is 11.3 Å². The first-order valence-electron chi connectivity index (χ1n) is 8.17. The zero-order valence-corrected chi connectivity index (χ0v) is 13.9. The second-order valence-electron chi connectivity index (χ2n) is 6.99. The first-order valence-corrected chi connectivity index (χ1v) is 9.32. The minimum Gasteiger partial charge on any atom is -0.313 e. The Bertz CT molecular complexity index is 259. The Kier molecular flexibility index (Phi) is 6.04. The van der Waals surface area contributed by atoms with Gasteiger partial charge >= 0.3 is 0 Å². The lowest BCUT2D eigenvalue weighted by Gasteiger charge is -2.34. The fourth-order valence-electron chi connectivity index (χ4n) is 3.77. The number of rotatable bonds is 5. The molecule has 0 aromatic heterocycles. The van der Waals surface area contributed by atoms with E-state index >= 15 is 0 Å². The van der Waals surface area contributed by atoms with Crippen molar-refractivity contribution in [3.8, 4) is 0 Å². The van der Waals surface area contributed by atoms with E-state index in [-0.39, 0.29) is 0 Å². The molecule has 1 heterocycles. The van der Waals surface area contributed by atoms with Gasteiger partial charge in [-0.05, 0) is 55.9 Å². The van der Waals surface area contributed by atoms with E-state index in [4.69, 9.17) is 0 Å². The first-order chi connectivity index (χ1) is 9.13. The first kappa shape index (κ1) is 15.7. The zero-order valence-electron chi connectivity index (χ0n) is 13.1. The lowest BCUT2D eigenvalue weighted by Crippen LogP contribution is -2.46. The molecule has 2 rings (SSSR count). The molecule has 2 nitrogen and oxygen atoms in total. The van der Waals surface area contributed by atoms with Crippen LogP contribution in [0.25, 0.3) is 0 Å². The summed E-state index contributed by atoms with van der Waals surface area (Å²) in [4.78, 5) is 2.73. The molecule has 3 heteroatoms. The summed E-state index contributed by atoms with van der Waals surface area (Å²) in [5, 5.41) is 3.84. The Morgan fingerprint density at radius 1 is 1.26 bits per heavy atom. The fourth-order valence-corrected chi connectivity index (χ4v) is 4.69. The van der Waals surface area contributed by atoms with Gasteiger partial charge in [-0.1, -0.05) is 20.8 Å². The molecule has 0 bridgehead atoms. The molecule has 0 amide bonds. The van der Waals surface area contributed by atoms with Crippen LogP contribution in [-0.2, 0) is 0 Å². The summed E-state index contributed by atoms with van der Waals surface area (Å²) in [5.74, 6) is 3.57. The van der Waals surface area contributed by atoms with Gasteiger partial charge in [-0.15, -0.1) is 0 Å². The summed E-state index contributed by atoms with van der Waals surface area (Å²) in [6.07, 6.45) is 5.44. The summed E-state index contributed by atoms with van der Waals surface area (Å²) < 4.78 is 0. The smallest absolute Gasteiger partial charge is 0.0159 e. The average molecular weight is 285 g/mol. The van der Waals surface area contributed by atoms with Crippen molar-refractivity contribution in [3.63, 3.8) is 0 Å². The third-order valence-electron chi connectivity index (χ3n) is 4.89. The van der Waals surface area contributed by atoms with Gasteiger partial charge in [-0.25, -0.2) is 0 Å². The molecule has 2 fully saturated rings. The third kappa shape index (κ3) is 4.37. The second kappa shape index (κ2) is 7.33. The lowest BCUT2D eigenvalue weighted by molar-refractivity contribution is 0.191. The van der Waals surface area contributed by atoms with Crippen LogP contribution in [-0.4, -0.2) is 48.6 Å².